The molecule has 0 aliphatic rings. The lowest BCUT2D eigenvalue weighted by atomic mass is 10.0. The Morgan fingerprint density at radius 2 is 1.48 bits per heavy atom. The molecule has 27 heavy (non-hydrogen) atoms. The number of pyridine rings is 1. The largest absolute Gasteiger partial charge is 0.256 e. The van der Waals surface area contributed by atoms with Crippen molar-refractivity contribution in [3.63, 3.8) is 0 Å². The Kier molecular flexibility index (Phi) is 4.14. The minimum atomic E-state index is -1.79. The summed E-state index contributed by atoms with van der Waals surface area (Å²) in [4.78, 5) is 4.58. The molecule has 0 radical (unpaired) electrons. The second-order valence-electron chi connectivity index (χ2n) is 7.90. The number of rotatable bonds is 3. The van der Waals surface area contributed by atoms with E-state index in [-0.39, 0.29) is 0 Å². The maximum Gasteiger partial charge on any atom is 0.112 e. The van der Waals surface area contributed by atoms with Gasteiger partial charge < -0.3 is 0 Å². The quantitative estimate of drug-likeness (QED) is 0.445. The van der Waals surface area contributed by atoms with E-state index in [2.05, 4.69) is 98.7 Å². The van der Waals surface area contributed by atoms with Crippen molar-refractivity contribution in [1.82, 2.24) is 4.98 Å². The van der Waals surface area contributed by atoms with Crippen LogP contribution in [0.25, 0.3) is 22.0 Å². The van der Waals surface area contributed by atoms with Crippen molar-refractivity contribution >= 4 is 29.2 Å². The standard InChI is InChI=1S/C25H25NSi/c1-18-14-19(2)16-21(15-18)25-24-11-10-23(17-20(24)12-13-26-25)27(3,4)22-8-6-5-7-9-22/h5-17H,1-4H3/i13D. The van der Waals surface area contributed by atoms with Crippen molar-refractivity contribution in [1.29, 1.82) is 0 Å². The first-order chi connectivity index (χ1) is 13.3. The summed E-state index contributed by atoms with van der Waals surface area (Å²) in [6.07, 6.45) is 0.318. The van der Waals surface area contributed by atoms with Crippen LogP contribution in [0, 0.1) is 13.8 Å². The average molecular weight is 369 g/mol. The Labute approximate surface area is 164 Å². The first-order valence-corrected chi connectivity index (χ1v) is 12.4. The van der Waals surface area contributed by atoms with Crippen LogP contribution >= 0.6 is 0 Å². The van der Waals surface area contributed by atoms with Gasteiger partial charge in [0.25, 0.3) is 0 Å². The van der Waals surface area contributed by atoms with E-state index in [1.165, 1.54) is 21.5 Å². The van der Waals surface area contributed by atoms with Crippen molar-refractivity contribution in [2.24, 2.45) is 0 Å². The summed E-state index contributed by atoms with van der Waals surface area (Å²) in [5.74, 6) is 0. The van der Waals surface area contributed by atoms with Gasteiger partial charge in [-0.1, -0.05) is 89.2 Å². The van der Waals surface area contributed by atoms with E-state index in [1.54, 1.807) is 0 Å². The normalized spacial score (nSPS) is 12.2. The highest BCUT2D eigenvalue weighted by Crippen LogP contribution is 2.28. The summed E-state index contributed by atoms with van der Waals surface area (Å²) < 4.78 is 8.27. The molecule has 4 aromatic rings. The predicted molar refractivity (Wildman–Crippen MR) is 120 cm³/mol. The number of aryl methyl sites for hydroxylation is 2. The van der Waals surface area contributed by atoms with E-state index in [0.29, 0.717) is 6.17 Å². The molecule has 0 spiro atoms. The molecule has 0 atom stereocenters. The fraction of sp³-hybridized carbons (Fsp3) is 0.160. The van der Waals surface area contributed by atoms with Gasteiger partial charge in [0.05, 0.1) is 7.06 Å². The van der Waals surface area contributed by atoms with Gasteiger partial charge in [-0.2, -0.15) is 0 Å². The molecule has 0 bridgehead atoms. The molecule has 0 saturated carbocycles. The Bertz CT molecular complexity index is 1150. The molecule has 2 heteroatoms. The van der Waals surface area contributed by atoms with Gasteiger partial charge in [0.1, 0.15) is 8.07 Å². The van der Waals surface area contributed by atoms with Crippen molar-refractivity contribution in [2.45, 2.75) is 26.9 Å². The van der Waals surface area contributed by atoms with Crippen LogP contribution in [0.3, 0.4) is 0 Å². The maximum atomic E-state index is 8.27. The van der Waals surface area contributed by atoms with Gasteiger partial charge in [-0.05, 0) is 37.4 Å². The van der Waals surface area contributed by atoms with Crippen LogP contribution in [-0.2, 0) is 0 Å². The van der Waals surface area contributed by atoms with Gasteiger partial charge in [-0.25, -0.2) is 0 Å². The van der Waals surface area contributed by atoms with E-state index in [9.17, 15) is 0 Å². The summed E-state index contributed by atoms with van der Waals surface area (Å²) in [6.45, 7) is 8.99. The van der Waals surface area contributed by atoms with Crippen molar-refractivity contribution < 1.29 is 1.37 Å². The number of hydrogen-bond donors (Lipinski definition) is 0. The molecule has 1 aromatic heterocycles. The molecule has 134 valence electrons. The van der Waals surface area contributed by atoms with E-state index < -0.39 is 8.07 Å². The number of aromatic nitrogens is 1. The van der Waals surface area contributed by atoms with Crippen LogP contribution in [0.15, 0.2) is 79.0 Å². The molecule has 1 nitrogen and oxygen atoms in total. The molecular weight excluding hydrogens is 342 g/mol. The van der Waals surface area contributed by atoms with Crippen LogP contribution in [0.1, 0.15) is 12.5 Å². The van der Waals surface area contributed by atoms with Crippen LogP contribution in [-0.4, -0.2) is 13.1 Å². The minimum Gasteiger partial charge on any atom is -0.256 e. The van der Waals surface area contributed by atoms with Crippen LogP contribution in [0.5, 0.6) is 0 Å². The van der Waals surface area contributed by atoms with Crippen molar-refractivity contribution in [3.8, 4) is 11.3 Å². The SMILES string of the molecule is [2H]c1cc2cc([Si](C)(C)c3ccccc3)ccc2c(-c2cc(C)cc(C)c2)n1. The first kappa shape index (κ1) is 16.5. The molecule has 4 rings (SSSR count). The molecule has 0 aliphatic carbocycles. The molecule has 0 unspecified atom stereocenters. The van der Waals surface area contributed by atoms with E-state index in [4.69, 9.17) is 1.37 Å². The molecular formula is C25H25NSi. The highest BCUT2D eigenvalue weighted by molar-refractivity contribution is 7.00. The summed E-state index contributed by atoms with van der Waals surface area (Å²) in [5, 5.41) is 5.01. The number of nitrogens with zero attached hydrogens (tertiary/aromatic N) is 1. The lowest BCUT2D eigenvalue weighted by molar-refractivity contribution is 1.33. The van der Waals surface area contributed by atoms with Gasteiger partial charge in [0.15, 0.2) is 0 Å². The van der Waals surface area contributed by atoms with Gasteiger partial charge in [0.2, 0.25) is 0 Å². The zero-order chi connectivity index (χ0) is 19.9. The third-order valence-electron chi connectivity index (χ3n) is 5.42. The number of benzene rings is 3. The Hall–Kier alpha value is -2.71. The van der Waals surface area contributed by atoms with E-state index in [1.807, 2.05) is 6.07 Å². The highest BCUT2D eigenvalue weighted by Gasteiger charge is 2.26. The van der Waals surface area contributed by atoms with Crippen LogP contribution in [0.2, 0.25) is 13.1 Å². The van der Waals surface area contributed by atoms with Crippen LogP contribution < -0.4 is 10.4 Å². The molecule has 0 N–H and O–H groups in total. The maximum absolute atomic E-state index is 8.27. The highest BCUT2D eigenvalue weighted by atomic mass is 28.3. The van der Waals surface area contributed by atoms with E-state index >= 15 is 0 Å². The Morgan fingerprint density at radius 3 is 2.19 bits per heavy atom. The lowest BCUT2D eigenvalue weighted by Crippen LogP contribution is -2.52. The van der Waals surface area contributed by atoms with Gasteiger partial charge in [-0.3, -0.25) is 4.98 Å². The number of hydrogen-bond acceptors (Lipinski definition) is 1. The fourth-order valence-electron chi connectivity index (χ4n) is 3.87. The monoisotopic (exact) mass is 368 g/mol. The van der Waals surface area contributed by atoms with Gasteiger partial charge >= 0.3 is 0 Å². The molecule has 0 saturated heterocycles. The molecule has 1 heterocycles. The molecule has 0 aliphatic heterocycles. The second-order valence-corrected chi connectivity index (χ2v) is 12.3. The summed E-state index contributed by atoms with van der Waals surface area (Å²) in [6, 6.07) is 25.9. The van der Waals surface area contributed by atoms with Gasteiger partial charge in [-0.15, -0.1) is 0 Å². The predicted octanol–water partition coefficient (Wildman–Crippen LogP) is 5.34. The van der Waals surface area contributed by atoms with E-state index in [0.717, 1.165) is 22.0 Å². The third-order valence-corrected chi connectivity index (χ3v) is 8.95. The Balaban J connectivity index is 1.90. The summed E-state index contributed by atoms with van der Waals surface area (Å²) >= 11 is 0. The smallest absolute Gasteiger partial charge is 0.112 e. The topological polar surface area (TPSA) is 12.9 Å². The van der Waals surface area contributed by atoms with Crippen molar-refractivity contribution in [3.05, 3.63) is 90.1 Å². The van der Waals surface area contributed by atoms with Gasteiger partial charge in [0, 0.05) is 17.1 Å². The minimum absolute atomic E-state index is 0.318. The van der Waals surface area contributed by atoms with Crippen molar-refractivity contribution in [2.75, 3.05) is 0 Å². The first-order valence-electron chi connectivity index (χ1n) is 9.91. The molecule has 3 aromatic carbocycles. The Morgan fingerprint density at radius 1 is 0.778 bits per heavy atom. The second kappa shape index (κ2) is 6.79. The molecule has 0 fully saturated rings. The summed E-state index contributed by atoms with van der Waals surface area (Å²) in [5.41, 5.74) is 4.42. The zero-order valence-electron chi connectivity index (χ0n) is 17.4. The molecule has 0 amide bonds. The third kappa shape index (κ3) is 3.33. The fourth-order valence-corrected chi connectivity index (χ4v) is 6.24. The summed E-state index contributed by atoms with van der Waals surface area (Å²) in [7, 11) is -1.79. The van der Waals surface area contributed by atoms with Crippen LogP contribution in [0.4, 0.5) is 0 Å². The number of fused-ring (bicyclic) bond motifs is 1. The lowest BCUT2D eigenvalue weighted by Gasteiger charge is -2.24. The average Bonchev–Trinajstić information content (AvgIpc) is 2.66. The zero-order valence-corrected chi connectivity index (χ0v) is 17.4.